The van der Waals surface area contributed by atoms with E-state index in [-0.39, 0.29) is 17.1 Å². The standard InChI is InChI=1S/C22H26N2O5S/c1-26-13-14-28-20-7-3-2-6-19(20)21(25)24-22(30)23-16-8-10-17(11-9-16)29-15-18-5-4-12-27-18/h2-3,6-11,18H,4-5,12-15H2,1H3,(H2,23,24,25,30). The number of anilines is 1. The van der Waals surface area contributed by atoms with Crippen LogP contribution < -0.4 is 20.1 Å². The molecular weight excluding hydrogens is 404 g/mol. The summed E-state index contributed by atoms with van der Waals surface area (Å²) in [5.74, 6) is 0.882. The van der Waals surface area contributed by atoms with Gasteiger partial charge in [-0.05, 0) is 61.5 Å². The molecule has 7 nitrogen and oxygen atoms in total. The molecular formula is C22H26N2O5S. The van der Waals surface area contributed by atoms with Crippen molar-refractivity contribution in [1.29, 1.82) is 0 Å². The Balaban J connectivity index is 1.49. The lowest BCUT2D eigenvalue weighted by Gasteiger charge is -2.14. The first-order valence-corrected chi connectivity index (χ1v) is 10.2. The van der Waals surface area contributed by atoms with Crippen LogP contribution in [0, 0.1) is 0 Å². The van der Waals surface area contributed by atoms with Crippen molar-refractivity contribution in [3.8, 4) is 11.5 Å². The molecule has 0 aromatic heterocycles. The van der Waals surface area contributed by atoms with Gasteiger partial charge in [-0.3, -0.25) is 10.1 Å². The molecule has 1 fully saturated rings. The zero-order chi connectivity index (χ0) is 21.2. The van der Waals surface area contributed by atoms with Crippen molar-refractivity contribution in [2.24, 2.45) is 0 Å². The molecule has 3 rings (SSSR count). The number of ether oxygens (including phenoxy) is 4. The molecule has 0 radical (unpaired) electrons. The summed E-state index contributed by atoms with van der Waals surface area (Å²) in [6.07, 6.45) is 2.30. The van der Waals surface area contributed by atoms with Gasteiger partial charge in [0.1, 0.15) is 24.7 Å². The van der Waals surface area contributed by atoms with Gasteiger partial charge in [-0.1, -0.05) is 12.1 Å². The largest absolute Gasteiger partial charge is 0.491 e. The monoisotopic (exact) mass is 430 g/mol. The Hall–Kier alpha value is -2.68. The Morgan fingerprint density at radius 1 is 1.13 bits per heavy atom. The third-order valence-electron chi connectivity index (χ3n) is 4.48. The van der Waals surface area contributed by atoms with Crippen molar-refractivity contribution >= 4 is 28.9 Å². The van der Waals surface area contributed by atoms with Crippen molar-refractivity contribution in [3.05, 3.63) is 54.1 Å². The molecule has 0 saturated carbocycles. The van der Waals surface area contributed by atoms with Crippen LogP contribution in [0.4, 0.5) is 5.69 Å². The third-order valence-corrected chi connectivity index (χ3v) is 4.68. The van der Waals surface area contributed by atoms with Crippen molar-refractivity contribution < 1.29 is 23.7 Å². The quantitative estimate of drug-likeness (QED) is 0.466. The number of nitrogens with one attached hydrogen (secondary N) is 2. The zero-order valence-corrected chi connectivity index (χ0v) is 17.7. The number of hydrogen-bond donors (Lipinski definition) is 2. The average Bonchev–Trinajstić information content (AvgIpc) is 3.27. The maximum absolute atomic E-state index is 12.6. The van der Waals surface area contributed by atoms with E-state index in [2.05, 4.69) is 10.6 Å². The molecule has 8 heteroatoms. The van der Waals surface area contributed by atoms with Gasteiger partial charge in [0.2, 0.25) is 0 Å². The van der Waals surface area contributed by atoms with E-state index in [1.54, 1.807) is 31.4 Å². The molecule has 1 aliphatic heterocycles. The maximum Gasteiger partial charge on any atom is 0.261 e. The van der Waals surface area contributed by atoms with E-state index >= 15 is 0 Å². The predicted octanol–water partition coefficient (Wildman–Crippen LogP) is 3.40. The van der Waals surface area contributed by atoms with Gasteiger partial charge in [-0.2, -0.15) is 0 Å². The first kappa shape index (κ1) is 22.0. The average molecular weight is 431 g/mol. The van der Waals surface area contributed by atoms with Gasteiger partial charge in [0.15, 0.2) is 5.11 Å². The molecule has 2 aromatic rings. The first-order chi connectivity index (χ1) is 14.7. The lowest BCUT2D eigenvalue weighted by Crippen LogP contribution is -2.34. The van der Waals surface area contributed by atoms with E-state index < -0.39 is 0 Å². The Morgan fingerprint density at radius 3 is 2.67 bits per heavy atom. The van der Waals surface area contributed by atoms with E-state index in [1.165, 1.54) is 0 Å². The van der Waals surface area contributed by atoms with E-state index in [9.17, 15) is 4.79 Å². The number of amides is 1. The molecule has 1 unspecified atom stereocenters. The van der Waals surface area contributed by atoms with E-state index in [0.29, 0.717) is 31.1 Å². The summed E-state index contributed by atoms with van der Waals surface area (Å²) >= 11 is 5.27. The Morgan fingerprint density at radius 2 is 1.93 bits per heavy atom. The minimum atomic E-state index is -0.350. The van der Waals surface area contributed by atoms with E-state index in [4.69, 9.17) is 31.2 Å². The molecule has 2 N–H and O–H groups in total. The fourth-order valence-corrected chi connectivity index (χ4v) is 3.16. The molecule has 2 aromatic carbocycles. The molecule has 0 spiro atoms. The molecule has 1 amide bonds. The van der Waals surface area contributed by atoms with Gasteiger partial charge in [0.25, 0.3) is 5.91 Å². The van der Waals surface area contributed by atoms with Gasteiger partial charge >= 0.3 is 0 Å². The first-order valence-electron chi connectivity index (χ1n) is 9.83. The molecule has 160 valence electrons. The second-order valence-electron chi connectivity index (χ2n) is 6.72. The lowest BCUT2D eigenvalue weighted by molar-refractivity contribution is 0.0679. The number of carbonyl (C=O) groups is 1. The molecule has 1 atom stereocenters. The summed E-state index contributed by atoms with van der Waals surface area (Å²) in [6.45, 7) is 2.14. The summed E-state index contributed by atoms with van der Waals surface area (Å²) in [4.78, 5) is 12.6. The minimum absolute atomic E-state index is 0.173. The second-order valence-corrected chi connectivity index (χ2v) is 7.12. The highest BCUT2D eigenvalue weighted by Crippen LogP contribution is 2.19. The number of hydrogen-bond acceptors (Lipinski definition) is 6. The number of thiocarbonyl (C=S) groups is 1. The fraction of sp³-hybridized carbons (Fsp3) is 0.364. The van der Waals surface area contributed by atoms with Crippen molar-refractivity contribution in [2.45, 2.75) is 18.9 Å². The van der Waals surface area contributed by atoms with Gasteiger partial charge in [0, 0.05) is 19.4 Å². The molecule has 0 aliphatic carbocycles. The highest BCUT2D eigenvalue weighted by Gasteiger charge is 2.16. The number of rotatable bonds is 9. The van der Waals surface area contributed by atoms with Gasteiger partial charge in [0.05, 0.1) is 18.3 Å². The van der Waals surface area contributed by atoms with Gasteiger partial charge < -0.3 is 24.3 Å². The number of para-hydroxylation sites is 1. The van der Waals surface area contributed by atoms with Crippen molar-refractivity contribution in [2.75, 3.05) is 38.9 Å². The van der Waals surface area contributed by atoms with Crippen LogP contribution in [0.15, 0.2) is 48.5 Å². The third kappa shape index (κ3) is 6.69. The molecule has 1 saturated heterocycles. The summed E-state index contributed by atoms with van der Waals surface area (Å²) < 4.78 is 21.9. The van der Waals surface area contributed by atoms with Crippen LogP contribution in [0.3, 0.4) is 0 Å². The summed E-state index contributed by atoms with van der Waals surface area (Å²) in [6, 6.07) is 14.4. The van der Waals surface area contributed by atoms with Crippen molar-refractivity contribution in [1.82, 2.24) is 5.32 Å². The SMILES string of the molecule is COCCOc1ccccc1C(=O)NC(=S)Nc1ccc(OCC2CCCO2)cc1. The smallest absolute Gasteiger partial charge is 0.261 e. The van der Waals surface area contributed by atoms with Crippen LogP contribution in [0.5, 0.6) is 11.5 Å². The van der Waals surface area contributed by atoms with Crippen LogP contribution in [-0.2, 0) is 9.47 Å². The van der Waals surface area contributed by atoms with Crippen LogP contribution in [-0.4, -0.2) is 50.7 Å². The number of methoxy groups -OCH3 is 1. The van der Waals surface area contributed by atoms with Crippen LogP contribution >= 0.6 is 12.2 Å². The van der Waals surface area contributed by atoms with Gasteiger partial charge in [-0.25, -0.2) is 0 Å². The Kier molecular flexibility index (Phi) is 8.43. The molecule has 1 heterocycles. The van der Waals surface area contributed by atoms with E-state index in [1.807, 2.05) is 24.3 Å². The number of carbonyl (C=O) groups excluding carboxylic acids is 1. The minimum Gasteiger partial charge on any atom is -0.491 e. The van der Waals surface area contributed by atoms with Crippen LogP contribution in [0.25, 0.3) is 0 Å². The Bertz CT molecular complexity index is 838. The number of benzene rings is 2. The van der Waals surface area contributed by atoms with Crippen LogP contribution in [0.1, 0.15) is 23.2 Å². The maximum atomic E-state index is 12.6. The van der Waals surface area contributed by atoms with Crippen molar-refractivity contribution in [3.63, 3.8) is 0 Å². The molecule has 0 bridgehead atoms. The molecule has 1 aliphatic rings. The summed E-state index contributed by atoms with van der Waals surface area (Å²) in [5, 5.41) is 5.87. The second kappa shape index (κ2) is 11.5. The Labute approximate surface area is 181 Å². The highest BCUT2D eigenvalue weighted by molar-refractivity contribution is 7.80. The summed E-state index contributed by atoms with van der Waals surface area (Å²) in [5.41, 5.74) is 1.14. The topological polar surface area (TPSA) is 78.1 Å². The normalized spacial score (nSPS) is 15.4. The lowest BCUT2D eigenvalue weighted by atomic mass is 10.2. The highest BCUT2D eigenvalue weighted by atomic mass is 32.1. The summed E-state index contributed by atoms with van der Waals surface area (Å²) in [7, 11) is 1.59. The zero-order valence-electron chi connectivity index (χ0n) is 16.9. The van der Waals surface area contributed by atoms with Crippen LogP contribution in [0.2, 0.25) is 0 Å². The van der Waals surface area contributed by atoms with Gasteiger partial charge in [-0.15, -0.1) is 0 Å². The van der Waals surface area contributed by atoms with E-state index in [0.717, 1.165) is 30.9 Å². The fourth-order valence-electron chi connectivity index (χ4n) is 2.95. The predicted molar refractivity (Wildman–Crippen MR) is 118 cm³/mol. The molecule has 30 heavy (non-hydrogen) atoms.